The van der Waals surface area contributed by atoms with Crippen molar-refractivity contribution in [1.82, 2.24) is 5.32 Å². The van der Waals surface area contributed by atoms with Crippen LogP contribution in [0.1, 0.15) is 19.3 Å². The van der Waals surface area contributed by atoms with Crippen LogP contribution in [0.15, 0.2) is 18.2 Å². The van der Waals surface area contributed by atoms with Crippen LogP contribution in [0.25, 0.3) is 0 Å². The topological polar surface area (TPSA) is 61.4 Å². The Balaban J connectivity index is 1.88. The molecule has 0 bridgehead atoms. The maximum absolute atomic E-state index is 11.8. The van der Waals surface area contributed by atoms with Gasteiger partial charge in [-0.25, -0.2) is 0 Å². The van der Waals surface area contributed by atoms with E-state index in [1.165, 1.54) is 6.07 Å². The third kappa shape index (κ3) is 3.62. The molecule has 0 aliphatic carbocycles. The first-order valence-corrected chi connectivity index (χ1v) is 6.52. The second-order valence-corrected chi connectivity index (χ2v) is 5.02. The lowest BCUT2D eigenvalue weighted by Gasteiger charge is -2.21. The molecule has 4 nitrogen and oxygen atoms in total. The van der Waals surface area contributed by atoms with Crippen LogP contribution in [0.2, 0.25) is 5.02 Å². The first kappa shape index (κ1) is 13.2. The van der Waals surface area contributed by atoms with Gasteiger partial charge in [0.05, 0.1) is 5.02 Å². The van der Waals surface area contributed by atoms with Crippen LogP contribution >= 0.6 is 11.6 Å². The zero-order chi connectivity index (χ0) is 13.0. The van der Waals surface area contributed by atoms with Crippen molar-refractivity contribution in [3.05, 3.63) is 23.2 Å². The van der Waals surface area contributed by atoms with E-state index in [4.69, 9.17) is 11.6 Å². The summed E-state index contributed by atoms with van der Waals surface area (Å²) in [5.41, 5.74) is 0.622. The van der Waals surface area contributed by atoms with Gasteiger partial charge in [0, 0.05) is 12.1 Å². The van der Waals surface area contributed by atoms with E-state index in [-0.39, 0.29) is 16.7 Å². The Morgan fingerprint density at radius 2 is 2.17 bits per heavy atom. The molecule has 1 fully saturated rings. The molecule has 5 heteroatoms. The summed E-state index contributed by atoms with van der Waals surface area (Å²) in [5.74, 6) is 0.482. The largest absolute Gasteiger partial charge is 0.506 e. The summed E-state index contributed by atoms with van der Waals surface area (Å²) >= 11 is 5.78. The molecule has 98 valence electrons. The predicted octanol–water partition coefficient (Wildman–Crippen LogP) is 2.37. The van der Waals surface area contributed by atoms with Crippen LogP contribution in [-0.2, 0) is 4.79 Å². The van der Waals surface area contributed by atoms with Gasteiger partial charge >= 0.3 is 0 Å². The fraction of sp³-hybridized carbons (Fsp3) is 0.462. The van der Waals surface area contributed by atoms with Crippen LogP contribution in [0.3, 0.4) is 0 Å². The molecule has 1 aliphatic heterocycles. The Morgan fingerprint density at radius 1 is 1.44 bits per heavy atom. The van der Waals surface area contributed by atoms with Gasteiger partial charge in [-0.05, 0) is 50.0 Å². The van der Waals surface area contributed by atoms with E-state index in [2.05, 4.69) is 10.6 Å². The number of piperidine rings is 1. The molecule has 1 aliphatic rings. The molecule has 2 rings (SSSR count). The van der Waals surface area contributed by atoms with Crippen molar-refractivity contribution in [3.63, 3.8) is 0 Å². The number of carbonyl (C=O) groups is 1. The molecular weight excluding hydrogens is 252 g/mol. The summed E-state index contributed by atoms with van der Waals surface area (Å²) in [5, 5.41) is 15.6. The number of halogens is 1. The predicted molar refractivity (Wildman–Crippen MR) is 72.0 cm³/mol. The van der Waals surface area contributed by atoms with Crippen LogP contribution in [0.4, 0.5) is 5.69 Å². The van der Waals surface area contributed by atoms with Crippen molar-refractivity contribution in [3.8, 4) is 5.75 Å². The van der Waals surface area contributed by atoms with Gasteiger partial charge in [-0.1, -0.05) is 11.6 Å². The van der Waals surface area contributed by atoms with Crippen LogP contribution in [-0.4, -0.2) is 24.1 Å². The quantitative estimate of drug-likeness (QED) is 0.738. The van der Waals surface area contributed by atoms with E-state index in [1.54, 1.807) is 12.1 Å². The van der Waals surface area contributed by atoms with Gasteiger partial charge in [-0.3, -0.25) is 4.79 Å². The van der Waals surface area contributed by atoms with Crippen molar-refractivity contribution in [1.29, 1.82) is 0 Å². The first-order chi connectivity index (χ1) is 8.65. The van der Waals surface area contributed by atoms with Crippen molar-refractivity contribution in [2.45, 2.75) is 19.3 Å². The number of hydrogen-bond acceptors (Lipinski definition) is 3. The number of hydrogen-bond donors (Lipinski definition) is 3. The van der Waals surface area contributed by atoms with Gasteiger partial charge in [0.1, 0.15) is 5.75 Å². The number of nitrogens with one attached hydrogen (secondary N) is 2. The third-order valence-electron chi connectivity index (χ3n) is 3.16. The molecule has 0 unspecified atom stereocenters. The van der Waals surface area contributed by atoms with Gasteiger partial charge in [0.25, 0.3) is 0 Å². The molecule has 0 atom stereocenters. The minimum absolute atomic E-state index is 0.00339. The Labute approximate surface area is 111 Å². The fourth-order valence-electron chi connectivity index (χ4n) is 2.14. The molecule has 1 aromatic rings. The van der Waals surface area contributed by atoms with Crippen LogP contribution in [0, 0.1) is 5.92 Å². The highest BCUT2D eigenvalue weighted by Crippen LogP contribution is 2.26. The number of aromatic hydroxyl groups is 1. The highest BCUT2D eigenvalue weighted by atomic mass is 35.5. The molecule has 1 aromatic carbocycles. The molecule has 1 heterocycles. The van der Waals surface area contributed by atoms with E-state index >= 15 is 0 Å². The van der Waals surface area contributed by atoms with Gasteiger partial charge in [-0.15, -0.1) is 0 Å². The number of anilines is 1. The van der Waals surface area contributed by atoms with Crippen LogP contribution in [0.5, 0.6) is 5.75 Å². The summed E-state index contributed by atoms with van der Waals surface area (Å²) in [6.07, 6.45) is 2.63. The second-order valence-electron chi connectivity index (χ2n) is 4.61. The Hall–Kier alpha value is -1.26. The minimum atomic E-state index is 0.00339. The normalized spacial score (nSPS) is 16.5. The molecular formula is C13H17ClN2O2. The fourth-order valence-corrected chi connectivity index (χ4v) is 2.33. The standard InChI is InChI=1S/C13H17ClN2O2/c14-11-8-10(1-2-12(11)17)16-13(18)7-9-3-5-15-6-4-9/h1-2,8-9,15,17H,3-7H2,(H,16,18). The third-order valence-corrected chi connectivity index (χ3v) is 3.47. The lowest BCUT2D eigenvalue weighted by molar-refractivity contribution is -0.117. The van der Waals surface area contributed by atoms with Crippen LogP contribution < -0.4 is 10.6 Å². The second kappa shape index (κ2) is 6.07. The van der Waals surface area contributed by atoms with E-state index in [9.17, 15) is 9.90 Å². The minimum Gasteiger partial charge on any atom is -0.506 e. The Kier molecular flexibility index (Phi) is 4.44. The average molecular weight is 269 g/mol. The molecule has 0 spiro atoms. The Morgan fingerprint density at radius 3 is 2.83 bits per heavy atom. The first-order valence-electron chi connectivity index (χ1n) is 6.14. The zero-order valence-corrected chi connectivity index (χ0v) is 10.8. The lowest BCUT2D eigenvalue weighted by atomic mass is 9.94. The summed E-state index contributed by atoms with van der Waals surface area (Å²) in [4.78, 5) is 11.8. The molecule has 18 heavy (non-hydrogen) atoms. The number of carbonyl (C=O) groups excluding carboxylic acids is 1. The molecule has 3 N–H and O–H groups in total. The molecule has 1 saturated heterocycles. The highest BCUT2D eigenvalue weighted by molar-refractivity contribution is 6.32. The molecule has 0 aromatic heterocycles. The smallest absolute Gasteiger partial charge is 0.224 e. The zero-order valence-electron chi connectivity index (χ0n) is 10.1. The summed E-state index contributed by atoms with van der Waals surface area (Å²) in [6, 6.07) is 4.67. The SMILES string of the molecule is O=C(CC1CCNCC1)Nc1ccc(O)c(Cl)c1. The van der Waals surface area contributed by atoms with Crippen molar-refractivity contribution in [2.24, 2.45) is 5.92 Å². The van der Waals surface area contributed by atoms with Gasteiger partial charge in [-0.2, -0.15) is 0 Å². The lowest BCUT2D eigenvalue weighted by Crippen LogP contribution is -2.30. The summed E-state index contributed by atoms with van der Waals surface area (Å²) < 4.78 is 0. The number of amides is 1. The number of rotatable bonds is 3. The van der Waals surface area contributed by atoms with E-state index in [0.717, 1.165) is 25.9 Å². The van der Waals surface area contributed by atoms with E-state index in [1.807, 2.05) is 0 Å². The number of phenolic OH excluding ortho intramolecular Hbond substituents is 1. The maximum atomic E-state index is 11.8. The van der Waals surface area contributed by atoms with E-state index < -0.39 is 0 Å². The number of phenols is 1. The van der Waals surface area contributed by atoms with Gasteiger partial charge in [0.2, 0.25) is 5.91 Å². The van der Waals surface area contributed by atoms with Gasteiger partial charge < -0.3 is 15.7 Å². The van der Waals surface area contributed by atoms with Crippen molar-refractivity contribution in [2.75, 3.05) is 18.4 Å². The molecule has 0 radical (unpaired) electrons. The average Bonchev–Trinajstić information content (AvgIpc) is 2.35. The Bertz CT molecular complexity index is 431. The molecule has 1 amide bonds. The highest BCUT2D eigenvalue weighted by Gasteiger charge is 2.16. The number of benzene rings is 1. The van der Waals surface area contributed by atoms with Gasteiger partial charge in [0.15, 0.2) is 0 Å². The monoisotopic (exact) mass is 268 g/mol. The van der Waals surface area contributed by atoms with Crippen molar-refractivity contribution < 1.29 is 9.90 Å². The maximum Gasteiger partial charge on any atom is 0.224 e. The summed E-state index contributed by atoms with van der Waals surface area (Å²) in [7, 11) is 0. The van der Waals surface area contributed by atoms with E-state index in [0.29, 0.717) is 18.0 Å². The summed E-state index contributed by atoms with van der Waals surface area (Å²) in [6.45, 7) is 1.98. The van der Waals surface area contributed by atoms with Crippen molar-refractivity contribution >= 4 is 23.2 Å². The molecule has 0 saturated carbocycles.